The van der Waals surface area contributed by atoms with Crippen molar-refractivity contribution in [2.75, 3.05) is 151 Å². The number of piperidine rings is 1. The Hall–Kier alpha value is -3.14. The second-order valence-corrected chi connectivity index (χ2v) is 11.5. The number of nitrogens with zero attached hydrogens (tertiary/aromatic N) is 1. The molecule has 2 heterocycles. The van der Waals surface area contributed by atoms with Crippen LogP contribution in [0.4, 0.5) is 5.69 Å². The Morgan fingerprint density at radius 3 is 1.42 bits per heavy atom. The molecule has 53 heavy (non-hydrogen) atoms. The molecule has 1 unspecified atom stereocenters. The maximum Gasteiger partial charge on any atom is 0.264 e. The Balaban J connectivity index is 1.03. The molecular formula is C35H56N4O14. The van der Waals surface area contributed by atoms with E-state index in [0.29, 0.717) is 151 Å². The van der Waals surface area contributed by atoms with Crippen molar-refractivity contribution in [1.82, 2.24) is 10.2 Å². The van der Waals surface area contributed by atoms with Gasteiger partial charge in [-0.1, -0.05) is 6.07 Å². The summed E-state index contributed by atoms with van der Waals surface area (Å²) in [6, 6.07) is 3.90. The molecule has 300 valence electrons. The van der Waals surface area contributed by atoms with E-state index in [-0.39, 0.29) is 24.0 Å². The van der Waals surface area contributed by atoms with E-state index in [4.69, 9.17) is 53.1 Å². The molecule has 2 aliphatic rings. The van der Waals surface area contributed by atoms with Gasteiger partial charge in [0.1, 0.15) is 6.04 Å². The number of rotatable bonds is 34. The van der Waals surface area contributed by atoms with Crippen molar-refractivity contribution in [3.05, 3.63) is 29.3 Å². The first kappa shape index (κ1) is 44.3. The smallest absolute Gasteiger partial charge is 0.264 e. The normalized spacial score (nSPS) is 15.7. The van der Waals surface area contributed by atoms with Gasteiger partial charge in [0.05, 0.1) is 143 Å². The second kappa shape index (κ2) is 28.3. The summed E-state index contributed by atoms with van der Waals surface area (Å²) < 4.78 is 54.5. The molecule has 0 bridgehead atoms. The molecule has 3 rings (SSSR count). The minimum absolute atomic E-state index is 0.0657. The van der Waals surface area contributed by atoms with Crippen molar-refractivity contribution in [3.8, 4) is 0 Å². The lowest BCUT2D eigenvalue weighted by atomic mass is 10.0. The third-order valence-corrected chi connectivity index (χ3v) is 7.64. The van der Waals surface area contributed by atoms with E-state index in [0.717, 1.165) is 4.90 Å². The van der Waals surface area contributed by atoms with Crippen molar-refractivity contribution in [2.45, 2.75) is 18.9 Å². The zero-order valence-electron chi connectivity index (χ0n) is 30.5. The number of imide groups is 2. The molecule has 1 saturated heterocycles. The summed E-state index contributed by atoms with van der Waals surface area (Å²) in [5.74, 6) is -2.17. The van der Waals surface area contributed by atoms with Gasteiger partial charge in [-0.2, -0.15) is 0 Å². The van der Waals surface area contributed by atoms with Crippen LogP contribution in [0.15, 0.2) is 18.2 Å². The Morgan fingerprint density at radius 1 is 0.585 bits per heavy atom. The number of carbonyl (C=O) groups excluding carboxylic acids is 4. The molecule has 0 saturated carbocycles. The van der Waals surface area contributed by atoms with E-state index in [1.54, 1.807) is 18.2 Å². The summed E-state index contributed by atoms with van der Waals surface area (Å²) in [5.41, 5.74) is 6.24. The van der Waals surface area contributed by atoms with Gasteiger partial charge < -0.3 is 58.4 Å². The molecule has 0 radical (unpaired) electrons. The van der Waals surface area contributed by atoms with Gasteiger partial charge in [0.25, 0.3) is 11.8 Å². The monoisotopic (exact) mass is 756 g/mol. The summed E-state index contributed by atoms with van der Waals surface area (Å²) in [7, 11) is 0. The van der Waals surface area contributed by atoms with Gasteiger partial charge in [0.2, 0.25) is 11.8 Å². The van der Waals surface area contributed by atoms with Crippen LogP contribution in [-0.2, 0) is 57.0 Å². The molecule has 1 aromatic rings. The van der Waals surface area contributed by atoms with Gasteiger partial charge in [0.15, 0.2) is 0 Å². The molecule has 2 aliphatic heterocycles. The van der Waals surface area contributed by atoms with Crippen molar-refractivity contribution < 1.29 is 66.5 Å². The second-order valence-electron chi connectivity index (χ2n) is 11.5. The molecule has 4 N–H and O–H groups in total. The van der Waals surface area contributed by atoms with E-state index >= 15 is 0 Å². The number of ether oxygens (including phenoxy) is 10. The lowest BCUT2D eigenvalue weighted by Crippen LogP contribution is -2.54. The average Bonchev–Trinajstić information content (AvgIpc) is 3.41. The largest absolute Gasteiger partial charge is 0.382 e. The van der Waals surface area contributed by atoms with E-state index in [1.807, 2.05) is 0 Å². The van der Waals surface area contributed by atoms with Crippen molar-refractivity contribution >= 4 is 29.3 Å². The third-order valence-electron chi connectivity index (χ3n) is 7.64. The van der Waals surface area contributed by atoms with E-state index < -0.39 is 29.7 Å². The minimum Gasteiger partial charge on any atom is -0.382 e. The van der Waals surface area contributed by atoms with Crippen LogP contribution in [-0.4, -0.2) is 180 Å². The standard InChI is InChI=1S/C35H56N4O14/c36-6-8-44-10-12-46-14-16-48-18-20-50-22-24-52-26-27-53-25-23-51-21-19-49-17-15-47-13-11-45-9-7-37-29-3-1-2-28-32(29)35(43)39(34(28)42)30-4-5-31(40)38-33(30)41/h1-3,30,37H,4-27,36H2,(H,38,40,41). The topological polar surface area (TPSA) is 214 Å². The van der Waals surface area contributed by atoms with Crippen molar-refractivity contribution in [2.24, 2.45) is 5.73 Å². The highest BCUT2D eigenvalue weighted by Crippen LogP contribution is 2.32. The lowest BCUT2D eigenvalue weighted by Gasteiger charge is -2.27. The molecule has 0 aromatic heterocycles. The number of hydrogen-bond donors (Lipinski definition) is 3. The summed E-state index contributed by atoms with van der Waals surface area (Å²) >= 11 is 0. The molecule has 1 atom stereocenters. The van der Waals surface area contributed by atoms with Crippen LogP contribution in [0.3, 0.4) is 0 Å². The van der Waals surface area contributed by atoms with Crippen LogP contribution in [0.2, 0.25) is 0 Å². The highest BCUT2D eigenvalue weighted by molar-refractivity contribution is 6.25. The Morgan fingerprint density at radius 2 is 1.00 bits per heavy atom. The van der Waals surface area contributed by atoms with Crippen LogP contribution in [0.1, 0.15) is 33.6 Å². The fraction of sp³-hybridized carbons (Fsp3) is 0.714. The van der Waals surface area contributed by atoms with Gasteiger partial charge in [-0.3, -0.25) is 29.4 Å². The predicted molar refractivity (Wildman–Crippen MR) is 189 cm³/mol. The quantitative estimate of drug-likeness (QED) is 0.0604. The number of anilines is 1. The van der Waals surface area contributed by atoms with Gasteiger partial charge in [-0.15, -0.1) is 0 Å². The zero-order chi connectivity index (χ0) is 37.8. The van der Waals surface area contributed by atoms with Crippen LogP contribution in [0.25, 0.3) is 0 Å². The Kier molecular flexibility index (Phi) is 23.7. The molecule has 18 nitrogen and oxygen atoms in total. The van der Waals surface area contributed by atoms with Crippen molar-refractivity contribution in [1.29, 1.82) is 0 Å². The first-order valence-corrected chi connectivity index (χ1v) is 18.1. The number of hydrogen-bond acceptors (Lipinski definition) is 16. The molecule has 0 aliphatic carbocycles. The SMILES string of the molecule is NCCOCCOCCOCCOCCOCCOCCOCCOCCOCCOCCNc1cccc2c1C(=O)N(C1CCC(=O)NC1=O)C2=O. The number of carbonyl (C=O) groups is 4. The number of benzene rings is 1. The van der Waals surface area contributed by atoms with Crippen molar-refractivity contribution in [3.63, 3.8) is 0 Å². The fourth-order valence-electron chi connectivity index (χ4n) is 5.08. The van der Waals surface area contributed by atoms with E-state index in [1.165, 1.54) is 0 Å². The predicted octanol–water partition coefficient (Wildman–Crippen LogP) is -0.376. The molecular weight excluding hydrogens is 700 g/mol. The maximum absolute atomic E-state index is 13.1. The van der Waals surface area contributed by atoms with Gasteiger partial charge >= 0.3 is 0 Å². The number of nitrogens with one attached hydrogen (secondary N) is 2. The Bertz CT molecular complexity index is 1210. The van der Waals surface area contributed by atoms with Gasteiger partial charge in [-0.25, -0.2) is 0 Å². The number of amides is 4. The summed E-state index contributed by atoms with van der Waals surface area (Å²) in [6.45, 7) is 10.2. The third kappa shape index (κ3) is 17.7. The lowest BCUT2D eigenvalue weighted by molar-refractivity contribution is -0.136. The van der Waals surface area contributed by atoms with Crippen LogP contribution in [0.5, 0.6) is 0 Å². The molecule has 1 aromatic carbocycles. The number of nitrogens with two attached hydrogens (primary N) is 1. The van der Waals surface area contributed by atoms with E-state index in [2.05, 4.69) is 10.6 Å². The highest BCUT2D eigenvalue weighted by atomic mass is 16.6. The summed E-state index contributed by atoms with van der Waals surface area (Å²) in [6.07, 6.45) is 0.169. The molecule has 4 amide bonds. The van der Waals surface area contributed by atoms with Crippen LogP contribution in [0, 0.1) is 0 Å². The first-order valence-electron chi connectivity index (χ1n) is 18.1. The fourth-order valence-corrected chi connectivity index (χ4v) is 5.08. The van der Waals surface area contributed by atoms with E-state index in [9.17, 15) is 19.2 Å². The van der Waals surface area contributed by atoms with Crippen LogP contribution >= 0.6 is 0 Å². The van der Waals surface area contributed by atoms with Crippen LogP contribution < -0.4 is 16.4 Å². The molecule has 0 spiro atoms. The zero-order valence-corrected chi connectivity index (χ0v) is 30.5. The average molecular weight is 757 g/mol. The highest BCUT2D eigenvalue weighted by Gasteiger charge is 2.45. The Labute approximate surface area is 310 Å². The minimum atomic E-state index is -1.01. The summed E-state index contributed by atoms with van der Waals surface area (Å²) in [4.78, 5) is 50.8. The van der Waals surface area contributed by atoms with Gasteiger partial charge in [-0.05, 0) is 18.6 Å². The first-order chi connectivity index (χ1) is 26.0. The maximum atomic E-state index is 13.1. The molecule has 1 fully saturated rings. The molecule has 18 heteroatoms. The summed E-state index contributed by atoms with van der Waals surface area (Å²) in [5, 5.41) is 5.33. The van der Waals surface area contributed by atoms with Gasteiger partial charge in [0, 0.05) is 25.2 Å². The number of fused-ring (bicyclic) bond motifs is 1.